The molecule has 0 saturated carbocycles. The number of hydrogen-bond acceptors (Lipinski definition) is 4. The van der Waals surface area contributed by atoms with Crippen LogP contribution in [0.4, 0.5) is 0 Å². The lowest BCUT2D eigenvalue weighted by Crippen LogP contribution is -2.22. The van der Waals surface area contributed by atoms with Crippen LogP contribution in [0.25, 0.3) is 0 Å². The average molecular weight is 198 g/mol. The highest BCUT2D eigenvalue weighted by atomic mass is 16.5. The van der Waals surface area contributed by atoms with Crippen molar-refractivity contribution in [1.29, 1.82) is 0 Å². The molecule has 0 saturated heterocycles. The highest BCUT2D eigenvalue weighted by molar-refractivity contribution is 5.90. The van der Waals surface area contributed by atoms with Gasteiger partial charge in [-0.3, -0.25) is 4.79 Å². The second kappa shape index (κ2) is 3.79. The molecule has 0 aliphatic heterocycles. The summed E-state index contributed by atoms with van der Waals surface area (Å²) in [4.78, 5) is 10.8. The summed E-state index contributed by atoms with van der Waals surface area (Å²) in [5.74, 6) is 0.00127. The predicted molar refractivity (Wildman–Crippen MR) is 49.9 cm³/mol. The first kappa shape index (κ1) is 10.7. The molecule has 2 N–H and O–H groups in total. The van der Waals surface area contributed by atoms with Crippen LogP contribution in [0.15, 0.2) is 10.6 Å². The third-order valence-corrected chi connectivity index (χ3v) is 1.93. The van der Waals surface area contributed by atoms with Crippen molar-refractivity contribution in [2.45, 2.75) is 19.3 Å². The van der Waals surface area contributed by atoms with E-state index in [4.69, 9.17) is 15.0 Å². The molecular formula is C9H14N2O3. The number of aromatic nitrogens is 1. The number of primary amides is 1. The van der Waals surface area contributed by atoms with Gasteiger partial charge in [0.15, 0.2) is 5.69 Å². The van der Waals surface area contributed by atoms with Gasteiger partial charge in [0, 0.05) is 18.6 Å². The van der Waals surface area contributed by atoms with E-state index in [0.717, 1.165) is 0 Å². The zero-order valence-corrected chi connectivity index (χ0v) is 8.53. The van der Waals surface area contributed by atoms with Crippen LogP contribution in [-0.4, -0.2) is 24.8 Å². The number of nitrogens with zero attached hydrogens (tertiary/aromatic N) is 1. The van der Waals surface area contributed by atoms with E-state index < -0.39 is 5.91 Å². The van der Waals surface area contributed by atoms with Gasteiger partial charge in [-0.25, -0.2) is 0 Å². The average Bonchev–Trinajstić information content (AvgIpc) is 2.51. The minimum atomic E-state index is -0.590. The Balaban J connectivity index is 2.90. The van der Waals surface area contributed by atoms with Crippen LogP contribution < -0.4 is 5.73 Å². The molecule has 1 aromatic heterocycles. The SMILES string of the molecule is COCC(C)(C)c1cc(C(N)=O)no1. The summed E-state index contributed by atoms with van der Waals surface area (Å²) < 4.78 is 10.0. The maximum absolute atomic E-state index is 10.8. The van der Waals surface area contributed by atoms with Crippen molar-refractivity contribution in [3.8, 4) is 0 Å². The summed E-state index contributed by atoms with van der Waals surface area (Å²) in [5, 5.41) is 3.56. The zero-order chi connectivity index (χ0) is 10.8. The Morgan fingerprint density at radius 1 is 1.71 bits per heavy atom. The lowest BCUT2D eigenvalue weighted by Gasteiger charge is -2.19. The van der Waals surface area contributed by atoms with E-state index in [1.54, 1.807) is 13.2 Å². The molecule has 0 aromatic carbocycles. The fraction of sp³-hybridized carbons (Fsp3) is 0.556. The molecule has 1 amide bonds. The fourth-order valence-corrected chi connectivity index (χ4v) is 1.14. The Hall–Kier alpha value is -1.36. The van der Waals surface area contributed by atoms with Gasteiger partial charge in [0.2, 0.25) is 0 Å². The molecule has 1 aromatic rings. The summed E-state index contributed by atoms with van der Waals surface area (Å²) in [6.45, 7) is 4.35. The molecule has 0 unspecified atom stereocenters. The summed E-state index contributed by atoms with van der Waals surface area (Å²) >= 11 is 0. The lowest BCUT2D eigenvalue weighted by atomic mass is 9.91. The van der Waals surface area contributed by atoms with Gasteiger partial charge in [0.05, 0.1) is 6.61 Å². The molecule has 5 nitrogen and oxygen atoms in total. The standard InChI is InChI=1S/C9H14N2O3/c1-9(2,5-13-3)7-4-6(8(10)12)11-14-7/h4H,5H2,1-3H3,(H2,10,12). The fourth-order valence-electron chi connectivity index (χ4n) is 1.14. The number of carbonyl (C=O) groups excluding carboxylic acids is 1. The van der Waals surface area contributed by atoms with Crippen molar-refractivity contribution in [2.24, 2.45) is 5.73 Å². The molecule has 0 aliphatic carbocycles. The van der Waals surface area contributed by atoms with Gasteiger partial charge in [0.25, 0.3) is 5.91 Å². The van der Waals surface area contributed by atoms with E-state index in [9.17, 15) is 4.79 Å². The van der Waals surface area contributed by atoms with Crippen LogP contribution in [0.5, 0.6) is 0 Å². The molecule has 1 heterocycles. The first-order valence-corrected chi connectivity index (χ1v) is 4.23. The predicted octanol–water partition coefficient (Wildman–Crippen LogP) is 0.698. The smallest absolute Gasteiger partial charge is 0.270 e. The number of amides is 1. The molecule has 0 radical (unpaired) electrons. The minimum Gasteiger partial charge on any atom is -0.384 e. The van der Waals surface area contributed by atoms with Crippen LogP contribution in [0.1, 0.15) is 30.1 Å². The monoisotopic (exact) mass is 198 g/mol. The molecule has 5 heteroatoms. The van der Waals surface area contributed by atoms with Crippen LogP contribution in [-0.2, 0) is 10.2 Å². The van der Waals surface area contributed by atoms with Gasteiger partial charge in [-0.15, -0.1) is 0 Å². The molecule has 0 spiro atoms. The largest absolute Gasteiger partial charge is 0.384 e. The van der Waals surface area contributed by atoms with E-state index in [0.29, 0.717) is 12.4 Å². The molecule has 0 bridgehead atoms. The van der Waals surface area contributed by atoms with Crippen LogP contribution in [0.3, 0.4) is 0 Å². The number of hydrogen-bond donors (Lipinski definition) is 1. The maximum Gasteiger partial charge on any atom is 0.270 e. The van der Waals surface area contributed by atoms with Gasteiger partial charge >= 0.3 is 0 Å². The first-order valence-electron chi connectivity index (χ1n) is 4.23. The molecule has 0 aliphatic rings. The molecule has 78 valence electrons. The van der Waals surface area contributed by atoms with Crippen molar-refractivity contribution in [3.63, 3.8) is 0 Å². The summed E-state index contributed by atoms with van der Waals surface area (Å²) in [7, 11) is 1.60. The van der Waals surface area contributed by atoms with E-state index in [2.05, 4.69) is 5.16 Å². The van der Waals surface area contributed by atoms with Crippen molar-refractivity contribution >= 4 is 5.91 Å². The number of methoxy groups -OCH3 is 1. The Labute approximate surface area is 82.2 Å². The number of carbonyl (C=O) groups is 1. The first-order chi connectivity index (χ1) is 6.47. The van der Waals surface area contributed by atoms with E-state index in [1.807, 2.05) is 13.8 Å². The van der Waals surface area contributed by atoms with Crippen molar-refractivity contribution in [2.75, 3.05) is 13.7 Å². The van der Waals surface area contributed by atoms with Crippen molar-refractivity contribution in [3.05, 3.63) is 17.5 Å². The summed E-state index contributed by atoms with van der Waals surface area (Å²) in [6.07, 6.45) is 0. The van der Waals surface area contributed by atoms with Crippen LogP contribution in [0, 0.1) is 0 Å². The second-order valence-corrected chi connectivity index (χ2v) is 3.76. The van der Waals surface area contributed by atoms with E-state index in [-0.39, 0.29) is 11.1 Å². The Bertz CT molecular complexity index is 331. The summed E-state index contributed by atoms with van der Waals surface area (Å²) in [5.41, 5.74) is 4.88. The van der Waals surface area contributed by atoms with E-state index in [1.165, 1.54) is 0 Å². The molecular weight excluding hydrogens is 184 g/mol. The number of nitrogens with two attached hydrogens (primary N) is 1. The Kier molecular flexibility index (Phi) is 2.90. The van der Waals surface area contributed by atoms with E-state index >= 15 is 0 Å². The van der Waals surface area contributed by atoms with Crippen molar-refractivity contribution in [1.82, 2.24) is 5.16 Å². The minimum absolute atomic E-state index is 0.143. The number of ether oxygens (including phenoxy) is 1. The molecule has 1 rings (SSSR count). The second-order valence-electron chi connectivity index (χ2n) is 3.76. The zero-order valence-electron chi connectivity index (χ0n) is 8.53. The topological polar surface area (TPSA) is 78.4 Å². The maximum atomic E-state index is 10.8. The van der Waals surface area contributed by atoms with Gasteiger partial charge in [-0.2, -0.15) is 0 Å². The third kappa shape index (κ3) is 2.11. The Morgan fingerprint density at radius 3 is 2.79 bits per heavy atom. The van der Waals surface area contributed by atoms with Crippen LogP contribution >= 0.6 is 0 Å². The van der Waals surface area contributed by atoms with Gasteiger partial charge in [0.1, 0.15) is 5.76 Å². The van der Waals surface area contributed by atoms with Gasteiger partial charge in [-0.1, -0.05) is 19.0 Å². The van der Waals surface area contributed by atoms with Crippen molar-refractivity contribution < 1.29 is 14.1 Å². The third-order valence-electron chi connectivity index (χ3n) is 1.93. The van der Waals surface area contributed by atoms with Gasteiger partial charge in [-0.05, 0) is 0 Å². The highest BCUT2D eigenvalue weighted by Crippen LogP contribution is 2.23. The van der Waals surface area contributed by atoms with Crippen LogP contribution in [0.2, 0.25) is 0 Å². The quantitative estimate of drug-likeness (QED) is 0.772. The Morgan fingerprint density at radius 2 is 2.36 bits per heavy atom. The normalized spacial score (nSPS) is 11.6. The van der Waals surface area contributed by atoms with Gasteiger partial charge < -0.3 is 15.0 Å². The molecule has 14 heavy (non-hydrogen) atoms. The molecule has 0 fully saturated rings. The lowest BCUT2D eigenvalue weighted by molar-refractivity contribution is 0.0990. The number of rotatable bonds is 4. The highest BCUT2D eigenvalue weighted by Gasteiger charge is 2.26. The molecule has 0 atom stereocenters. The summed E-state index contributed by atoms with van der Waals surface area (Å²) in [6, 6.07) is 1.54.